The number of carbonyl (C=O) groups is 1. The molecule has 0 saturated carbocycles. The van der Waals surface area contributed by atoms with E-state index in [9.17, 15) is 4.79 Å². The maximum Gasteiger partial charge on any atom is 0.238 e. The molecule has 2 fully saturated rings. The van der Waals surface area contributed by atoms with E-state index in [1.807, 2.05) is 12.1 Å². The van der Waals surface area contributed by atoms with Crippen molar-refractivity contribution in [3.63, 3.8) is 0 Å². The maximum absolute atomic E-state index is 12.1. The van der Waals surface area contributed by atoms with Gasteiger partial charge in [-0.1, -0.05) is 17.7 Å². The fourth-order valence-corrected chi connectivity index (χ4v) is 3.43. The molecule has 1 aromatic rings. The number of likely N-dealkylation sites (tertiary alicyclic amines) is 1. The molecule has 2 atom stereocenters. The summed E-state index contributed by atoms with van der Waals surface area (Å²) in [6.07, 6.45) is 2.54. The molecule has 5 heteroatoms. The second kappa shape index (κ2) is 6.12. The number of amides is 1. The maximum atomic E-state index is 12.1. The Labute approximate surface area is 124 Å². The van der Waals surface area contributed by atoms with Crippen molar-refractivity contribution in [2.75, 3.05) is 31.5 Å². The SMILES string of the molecule is O=C(CN1C[C@@H]2CCCN[C@@H]2C1)Nc1cccc(Cl)c1. The lowest BCUT2D eigenvalue weighted by atomic mass is 9.94. The van der Waals surface area contributed by atoms with Crippen LogP contribution in [0.15, 0.2) is 24.3 Å². The molecule has 3 rings (SSSR count). The van der Waals surface area contributed by atoms with E-state index >= 15 is 0 Å². The van der Waals surface area contributed by atoms with Crippen LogP contribution in [0.1, 0.15) is 12.8 Å². The minimum atomic E-state index is 0.0333. The highest BCUT2D eigenvalue weighted by atomic mass is 35.5. The lowest BCUT2D eigenvalue weighted by Gasteiger charge is -2.24. The molecule has 2 saturated heterocycles. The van der Waals surface area contributed by atoms with Crippen molar-refractivity contribution < 1.29 is 4.79 Å². The standard InChI is InChI=1S/C15H20ClN3O/c16-12-4-1-5-13(7-12)18-15(20)10-19-8-11-3-2-6-17-14(11)9-19/h1,4-5,7,11,14,17H,2-3,6,8-10H2,(H,18,20)/t11-,14+/m0/s1. The number of piperidine rings is 1. The van der Waals surface area contributed by atoms with Crippen molar-refractivity contribution in [2.24, 2.45) is 5.92 Å². The van der Waals surface area contributed by atoms with Gasteiger partial charge in [0, 0.05) is 29.8 Å². The van der Waals surface area contributed by atoms with Crippen LogP contribution in [0.4, 0.5) is 5.69 Å². The number of hydrogen-bond acceptors (Lipinski definition) is 3. The first kappa shape index (κ1) is 13.9. The van der Waals surface area contributed by atoms with Crippen LogP contribution in [0.3, 0.4) is 0 Å². The fraction of sp³-hybridized carbons (Fsp3) is 0.533. The quantitative estimate of drug-likeness (QED) is 0.895. The van der Waals surface area contributed by atoms with Gasteiger partial charge in [0.05, 0.1) is 6.54 Å². The van der Waals surface area contributed by atoms with Gasteiger partial charge in [-0.3, -0.25) is 9.69 Å². The lowest BCUT2D eigenvalue weighted by Crippen LogP contribution is -2.41. The highest BCUT2D eigenvalue weighted by molar-refractivity contribution is 6.30. The Morgan fingerprint density at radius 3 is 3.15 bits per heavy atom. The van der Waals surface area contributed by atoms with E-state index < -0.39 is 0 Å². The third-order valence-corrected chi connectivity index (χ3v) is 4.39. The van der Waals surface area contributed by atoms with Gasteiger partial charge in [0.1, 0.15) is 0 Å². The van der Waals surface area contributed by atoms with Crippen molar-refractivity contribution in [2.45, 2.75) is 18.9 Å². The zero-order valence-corrected chi connectivity index (χ0v) is 12.2. The molecule has 108 valence electrons. The third-order valence-electron chi connectivity index (χ3n) is 4.15. The number of nitrogens with one attached hydrogen (secondary N) is 2. The van der Waals surface area contributed by atoms with E-state index in [0.29, 0.717) is 23.5 Å². The van der Waals surface area contributed by atoms with Gasteiger partial charge < -0.3 is 10.6 Å². The van der Waals surface area contributed by atoms with Gasteiger partial charge >= 0.3 is 0 Å². The number of carbonyl (C=O) groups excluding carboxylic acids is 1. The third kappa shape index (κ3) is 3.32. The van der Waals surface area contributed by atoms with Crippen LogP contribution < -0.4 is 10.6 Å². The molecular weight excluding hydrogens is 274 g/mol. The van der Waals surface area contributed by atoms with E-state index in [2.05, 4.69) is 15.5 Å². The first-order valence-corrected chi connectivity index (χ1v) is 7.59. The van der Waals surface area contributed by atoms with Crippen LogP contribution in [-0.2, 0) is 4.79 Å². The van der Waals surface area contributed by atoms with Crippen molar-refractivity contribution in [3.8, 4) is 0 Å². The van der Waals surface area contributed by atoms with Crippen molar-refractivity contribution in [1.82, 2.24) is 10.2 Å². The largest absolute Gasteiger partial charge is 0.325 e. The summed E-state index contributed by atoms with van der Waals surface area (Å²) in [6.45, 7) is 3.58. The van der Waals surface area contributed by atoms with Gasteiger partial charge in [-0.05, 0) is 43.5 Å². The zero-order chi connectivity index (χ0) is 13.9. The molecule has 1 aromatic carbocycles. The van der Waals surface area contributed by atoms with Crippen molar-refractivity contribution in [3.05, 3.63) is 29.3 Å². The Morgan fingerprint density at radius 1 is 1.45 bits per heavy atom. The highest BCUT2D eigenvalue weighted by Gasteiger charge is 2.34. The predicted octanol–water partition coefficient (Wildman–Crippen LogP) is 1.96. The number of nitrogens with zero attached hydrogens (tertiary/aromatic N) is 1. The van der Waals surface area contributed by atoms with Crippen LogP contribution in [0, 0.1) is 5.92 Å². The molecule has 0 aliphatic carbocycles. The first-order valence-electron chi connectivity index (χ1n) is 7.22. The summed E-state index contributed by atoms with van der Waals surface area (Å²) in [5, 5.41) is 7.09. The highest BCUT2D eigenvalue weighted by Crippen LogP contribution is 2.24. The van der Waals surface area contributed by atoms with Gasteiger partial charge in [-0.2, -0.15) is 0 Å². The Hall–Kier alpha value is -1.10. The average molecular weight is 294 g/mol. The molecule has 0 spiro atoms. The number of halogens is 1. The van der Waals surface area contributed by atoms with Gasteiger partial charge in [0.2, 0.25) is 5.91 Å². The summed E-state index contributed by atoms with van der Waals surface area (Å²) in [7, 11) is 0. The van der Waals surface area contributed by atoms with Gasteiger partial charge in [-0.25, -0.2) is 0 Å². The Balaban J connectivity index is 1.52. The summed E-state index contributed by atoms with van der Waals surface area (Å²) in [5.74, 6) is 0.744. The van der Waals surface area contributed by atoms with Crippen LogP contribution in [0.5, 0.6) is 0 Å². The molecule has 2 aliphatic rings. The van der Waals surface area contributed by atoms with Gasteiger partial charge in [-0.15, -0.1) is 0 Å². The van der Waals surface area contributed by atoms with E-state index in [4.69, 9.17) is 11.6 Å². The van der Waals surface area contributed by atoms with Crippen molar-refractivity contribution in [1.29, 1.82) is 0 Å². The minimum absolute atomic E-state index is 0.0333. The van der Waals surface area contributed by atoms with Crippen LogP contribution in [0.2, 0.25) is 5.02 Å². The fourth-order valence-electron chi connectivity index (χ4n) is 3.24. The monoisotopic (exact) mass is 293 g/mol. The summed E-state index contributed by atoms with van der Waals surface area (Å²) >= 11 is 5.91. The normalized spacial score (nSPS) is 26.2. The second-order valence-electron chi connectivity index (χ2n) is 5.72. The van der Waals surface area contributed by atoms with Crippen LogP contribution >= 0.6 is 11.6 Å². The predicted molar refractivity (Wildman–Crippen MR) is 81.0 cm³/mol. The number of benzene rings is 1. The molecule has 2 aliphatic heterocycles. The minimum Gasteiger partial charge on any atom is -0.325 e. The summed E-state index contributed by atoms with van der Waals surface area (Å²) in [4.78, 5) is 14.3. The molecule has 2 heterocycles. The molecule has 20 heavy (non-hydrogen) atoms. The molecule has 0 bridgehead atoms. The van der Waals surface area contributed by atoms with E-state index in [-0.39, 0.29) is 5.91 Å². The van der Waals surface area contributed by atoms with E-state index in [1.165, 1.54) is 12.8 Å². The number of fused-ring (bicyclic) bond motifs is 1. The summed E-state index contributed by atoms with van der Waals surface area (Å²) in [5.41, 5.74) is 0.761. The Kier molecular flexibility index (Phi) is 4.24. The number of anilines is 1. The molecule has 2 N–H and O–H groups in total. The molecule has 0 radical (unpaired) electrons. The molecule has 0 unspecified atom stereocenters. The lowest BCUT2D eigenvalue weighted by molar-refractivity contribution is -0.117. The summed E-state index contributed by atoms with van der Waals surface area (Å²) in [6, 6.07) is 7.84. The first-order chi connectivity index (χ1) is 9.70. The average Bonchev–Trinajstić information content (AvgIpc) is 2.80. The molecule has 0 aromatic heterocycles. The molecule has 1 amide bonds. The Morgan fingerprint density at radius 2 is 2.35 bits per heavy atom. The van der Waals surface area contributed by atoms with Crippen molar-refractivity contribution >= 4 is 23.2 Å². The second-order valence-corrected chi connectivity index (χ2v) is 6.15. The smallest absolute Gasteiger partial charge is 0.238 e. The van der Waals surface area contributed by atoms with Crippen LogP contribution in [0.25, 0.3) is 0 Å². The van der Waals surface area contributed by atoms with E-state index in [1.54, 1.807) is 12.1 Å². The Bertz CT molecular complexity index is 480. The molecular formula is C15H20ClN3O. The number of rotatable bonds is 3. The number of hydrogen-bond donors (Lipinski definition) is 2. The molecule has 4 nitrogen and oxygen atoms in total. The van der Waals surface area contributed by atoms with Gasteiger partial charge in [0.15, 0.2) is 0 Å². The zero-order valence-electron chi connectivity index (χ0n) is 11.4. The van der Waals surface area contributed by atoms with Crippen LogP contribution in [-0.4, -0.2) is 43.0 Å². The van der Waals surface area contributed by atoms with E-state index in [0.717, 1.165) is 25.3 Å². The topological polar surface area (TPSA) is 44.4 Å². The van der Waals surface area contributed by atoms with Gasteiger partial charge in [0.25, 0.3) is 0 Å². The summed E-state index contributed by atoms with van der Waals surface area (Å²) < 4.78 is 0.